The first-order valence-electron chi connectivity index (χ1n) is 19.1. The molecule has 0 atom stereocenters. The maximum atomic E-state index is 13.4. The van der Waals surface area contributed by atoms with Gasteiger partial charge in [0.2, 0.25) is 0 Å². The van der Waals surface area contributed by atoms with Crippen molar-refractivity contribution < 1.29 is 29.7 Å². The van der Waals surface area contributed by atoms with Crippen LogP contribution < -0.4 is 10.2 Å². The van der Waals surface area contributed by atoms with E-state index in [1.165, 1.54) is 0 Å². The molecule has 7 heteroatoms. The molecule has 5 aliphatic rings. The molecule has 8 bridgehead atoms. The molecule has 0 aliphatic carbocycles. The molecule has 6 nitrogen and oxygen atoms in total. The van der Waals surface area contributed by atoms with Gasteiger partial charge in [0, 0.05) is 22.3 Å². The van der Waals surface area contributed by atoms with Crippen LogP contribution in [0.1, 0.15) is 22.3 Å². The van der Waals surface area contributed by atoms with Crippen molar-refractivity contribution in [2.45, 2.75) is 0 Å². The number of rotatable bonds is 4. The van der Waals surface area contributed by atoms with Crippen molar-refractivity contribution in [3.05, 3.63) is 227 Å². The van der Waals surface area contributed by atoms with E-state index < -0.39 is 11.5 Å². The molecular weight excluding hydrogens is 778 g/mol. The molecule has 272 valence electrons. The summed E-state index contributed by atoms with van der Waals surface area (Å²) in [5, 5.41) is 28.7. The van der Waals surface area contributed by atoms with E-state index >= 15 is 0 Å². The summed E-state index contributed by atoms with van der Waals surface area (Å²) in [6.45, 7) is 0. The first-order valence-corrected chi connectivity index (χ1v) is 19.1. The van der Waals surface area contributed by atoms with E-state index in [1.807, 2.05) is 103 Å². The van der Waals surface area contributed by atoms with Crippen molar-refractivity contribution >= 4 is 66.7 Å². The van der Waals surface area contributed by atoms with Crippen LogP contribution >= 0.6 is 0 Å². The molecule has 0 radical (unpaired) electrons. The van der Waals surface area contributed by atoms with Gasteiger partial charge in [-0.05, 0) is 98.5 Å². The van der Waals surface area contributed by atoms with Crippen LogP contribution in [0.25, 0.3) is 43.8 Å². The summed E-state index contributed by atoms with van der Waals surface area (Å²) in [4.78, 5) is 21.4. The van der Waals surface area contributed by atoms with Gasteiger partial charge >= 0.3 is 19.5 Å². The molecular formula is C52H30N4O2Zn. The summed E-state index contributed by atoms with van der Waals surface area (Å²) in [7, 11) is 0. The van der Waals surface area contributed by atoms with Crippen LogP contribution in [0.5, 0.6) is 11.5 Å². The van der Waals surface area contributed by atoms with Crippen LogP contribution in [0.3, 0.4) is 0 Å². The van der Waals surface area contributed by atoms with Crippen LogP contribution in [0, 0.1) is 0 Å². The van der Waals surface area contributed by atoms with Crippen molar-refractivity contribution in [2.24, 2.45) is 20.0 Å². The Bertz CT molecular complexity index is 3150. The minimum Gasteiger partial charge on any atom is -0.872 e. The van der Waals surface area contributed by atoms with E-state index in [2.05, 4.69) is 60.7 Å². The predicted molar refractivity (Wildman–Crippen MR) is 234 cm³/mol. The summed E-state index contributed by atoms with van der Waals surface area (Å²) in [5.74, 6) is -1.00. The number of nitrogens with zero attached hydrogens (tertiary/aromatic N) is 4. The molecule has 6 aromatic rings. The Morgan fingerprint density at radius 1 is 0.288 bits per heavy atom. The summed E-state index contributed by atoms with van der Waals surface area (Å²) >= 11 is 0. The van der Waals surface area contributed by atoms with E-state index in [-0.39, 0.29) is 19.5 Å². The third-order valence-corrected chi connectivity index (χ3v) is 11.0. The van der Waals surface area contributed by atoms with E-state index in [9.17, 15) is 10.2 Å². The molecule has 5 aliphatic heterocycles. The van der Waals surface area contributed by atoms with Crippen LogP contribution in [0.2, 0.25) is 0 Å². The van der Waals surface area contributed by atoms with E-state index in [0.29, 0.717) is 27.6 Å². The number of hydrogen-bond acceptors (Lipinski definition) is 6. The first kappa shape index (κ1) is 36.0. The van der Waals surface area contributed by atoms with Gasteiger partial charge in [-0.3, -0.25) is 0 Å². The second-order valence-corrected chi connectivity index (χ2v) is 14.4. The third kappa shape index (κ3) is 6.06. The van der Waals surface area contributed by atoms with Gasteiger partial charge in [-0.15, -0.1) is 11.5 Å². The van der Waals surface area contributed by atoms with Gasteiger partial charge in [0.1, 0.15) is 0 Å². The van der Waals surface area contributed by atoms with Crippen LogP contribution in [-0.4, -0.2) is 22.8 Å². The summed E-state index contributed by atoms with van der Waals surface area (Å²) < 4.78 is 0. The molecule has 0 aromatic heterocycles. The molecule has 11 rings (SSSR count). The average Bonchev–Trinajstić information content (AvgIpc) is 4.12. The second kappa shape index (κ2) is 14.6. The molecule has 59 heavy (non-hydrogen) atoms. The fourth-order valence-corrected chi connectivity index (χ4v) is 8.37. The molecule has 6 aromatic carbocycles. The van der Waals surface area contributed by atoms with Gasteiger partial charge in [-0.2, -0.15) is 0 Å². The molecule has 5 heterocycles. The first-order chi connectivity index (χ1) is 28.6. The maximum Gasteiger partial charge on any atom is 2.00 e. The van der Waals surface area contributed by atoms with Crippen LogP contribution in [0.4, 0.5) is 0 Å². The normalized spacial score (nSPS) is 16.7. The molecule has 0 saturated heterocycles. The zero-order chi connectivity index (χ0) is 38.7. The number of allylic oxidation sites excluding steroid dienone is 12. The topological polar surface area (TPSA) is 95.6 Å². The standard InChI is InChI=1S/C52H32N4O2.Zn/c57-51-36-19-11-10-18-35(36)38-30-34(20-21-37(38)52(51)58)50-45-28-26-43(55-45)48(32-14-6-2-7-15-32)41-24-22-39(53-41)47(31-12-4-1-5-13-31)40-23-25-42(54-40)49(33-16-8-3-9-17-33)44-27-29-46(50)56-44;/h1-30,57-58H;/q;+2/p-2. The van der Waals surface area contributed by atoms with Gasteiger partial charge in [-0.25, -0.2) is 20.0 Å². The quantitative estimate of drug-likeness (QED) is 0.131. The fourth-order valence-electron chi connectivity index (χ4n) is 8.37. The maximum absolute atomic E-state index is 13.4. The fraction of sp³-hybridized carbons (Fsp3) is 0. The largest absolute Gasteiger partial charge is 2.00 e. The molecule has 0 fully saturated rings. The van der Waals surface area contributed by atoms with Crippen molar-refractivity contribution in [1.82, 2.24) is 0 Å². The van der Waals surface area contributed by atoms with Crippen molar-refractivity contribution in [3.63, 3.8) is 0 Å². The van der Waals surface area contributed by atoms with Gasteiger partial charge < -0.3 is 10.2 Å². The Morgan fingerprint density at radius 2 is 0.610 bits per heavy atom. The van der Waals surface area contributed by atoms with E-state index in [0.717, 1.165) is 84.2 Å². The minimum atomic E-state index is -0.509. The molecule has 0 unspecified atom stereocenters. The minimum absolute atomic E-state index is 0. The molecule has 0 N–H and O–H groups in total. The van der Waals surface area contributed by atoms with E-state index in [4.69, 9.17) is 20.0 Å². The van der Waals surface area contributed by atoms with Gasteiger partial charge in [0.05, 0.1) is 45.6 Å². The Balaban J connectivity index is 0.00000420. The third-order valence-electron chi connectivity index (χ3n) is 11.0. The second-order valence-electron chi connectivity index (χ2n) is 14.4. The zero-order valence-electron chi connectivity index (χ0n) is 31.6. The average molecular weight is 808 g/mol. The van der Waals surface area contributed by atoms with Gasteiger partial charge in [0.25, 0.3) is 0 Å². The van der Waals surface area contributed by atoms with Crippen LogP contribution in [-0.2, 0) is 19.5 Å². The van der Waals surface area contributed by atoms with E-state index in [1.54, 1.807) is 18.2 Å². The predicted octanol–water partition coefficient (Wildman–Crippen LogP) is 10.1. The number of benzene rings is 6. The smallest absolute Gasteiger partial charge is 0.872 e. The zero-order valence-corrected chi connectivity index (χ0v) is 34.6. The number of fused-ring (bicyclic) bond motifs is 7. The summed E-state index contributed by atoms with van der Waals surface area (Å²) in [6, 6.07) is 43.7. The Hall–Kier alpha value is -7.34. The number of aliphatic imine (C=N–C) groups is 4. The summed E-state index contributed by atoms with van der Waals surface area (Å²) in [5.41, 5.74) is 13.5. The Kier molecular flexibility index (Phi) is 8.89. The number of hydrogen-bond donors (Lipinski definition) is 0. The molecule has 0 saturated carbocycles. The molecule has 0 spiro atoms. The van der Waals surface area contributed by atoms with Gasteiger partial charge in [0.15, 0.2) is 0 Å². The van der Waals surface area contributed by atoms with Crippen molar-refractivity contribution in [3.8, 4) is 11.5 Å². The monoisotopic (exact) mass is 806 g/mol. The molecule has 0 amide bonds. The Morgan fingerprint density at radius 3 is 1.00 bits per heavy atom. The summed E-state index contributed by atoms with van der Waals surface area (Å²) in [6.07, 6.45) is 16.4. The SMILES string of the molecule is [O-]c1c([O-])c2ccc(C3=C4C=CC(=N4)C(c4ccccc4)=C4C=CC(=N4)C(c4ccccc4)=C4C=CC(=N4)C(c4ccccc4)=C4C=CC3=N4)cc2c2ccccc12.[Zn+2]. The van der Waals surface area contributed by atoms with Crippen LogP contribution in [0.15, 0.2) is 225 Å². The van der Waals surface area contributed by atoms with Crippen molar-refractivity contribution in [1.29, 1.82) is 0 Å². The van der Waals surface area contributed by atoms with Crippen molar-refractivity contribution in [2.75, 3.05) is 0 Å². The van der Waals surface area contributed by atoms with Gasteiger partial charge in [-0.1, -0.05) is 127 Å². The Labute approximate surface area is 353 Å².